The number of halogens is 1. The maximum atomic E-state index is 3.72. The lowest BCUT2D eigenvalue weighted by molar-refractivity contribution is 0.246. The minimum Gasteiger partial charge on any atom is -0.312 e. The van der Waals surface area contributed by atoms with Crippen molar-refractivity contribution in [3.8, 4) is 0 Å². The number of rotatable bonds is 4. The largest absolute Gasteiger partial charge is 0.312 e. The third-order valence-corrected chi connectivity index (χ3v) is 5.46. The van der Waals surface area contributed by atoms with E-state index in [0.717, 1.165) is 6.54 Å². The van der Waals surface area contributed by atoms with Gasteiger partial charge in [-0.1, -0.05) is 12.8 Å². The third kappa shape index (κ3) is 4.07. The molecule has 0 saturated heterocycles. The minimum absolute atomic E-state index is 0.228. The second-order valence-corrected chi connectivity index (χ2v) is 9.24. The second-order valence-electron chi connectivity index (χ2n) is 6.69. The number of hydrogen-bond acceptors (Lipinski definition) is 2. The molecule has 0 aliphatic heterocycles. The van der Waals surface area contributed by atoms with Gasteiger partial charge in [-0.15, -0.1) is 11.3 Å². The molecule has 2 rings (SSSR count). The number of hydrogen-bond donors (Lipinski definition) is 1. The molecule has 1 fully saturated rings. The van der Waals surface area contributed by atoms with Crippen molar-refractivity contribution in [1.82, 2.24) is 5.32 Å². The monoisotopic (exact) mass is 329 g/mol. The van der Waals surface area contributed by atoms with Crippen molar-refractivity contribution in [2.75, 3.05) is 6.54 Å². The van der Waals surface area contributed by atoms with Crippen LogP contribution in [0.25, 0.3) is 0 Å². The predicted octanol–water partition coefficient (Wildman–Crippen LogP) is 5.00. The molecule has 102 valence electrons. The van der Waals surface area contributed by atoms with E-state index < -0.39 is 0 Å². The topological polar surface area (TPSA) is 12.0 Å². The summed E-state index contributed by atoms with van der Waals surface area (Å²) in [5.74, 6) is 0. The predicted molar refractivity (Wildman–Crippen MR) is 84.4 cm³/mol. The molecule has 0 unspecified atom stereocenters. The molecule has 1 aromatic rings. The summed E-state index contributed by atoms with van der Waals surface area (Å²) in [5.41, 5.74) is 0.725. The van der Waals surface area contributed by atoms with Crippen LogP contribution in [0.2, 0.25) is 0 Å². The average molecular weight is 330 g/mol. The van der Waals surface area contributed by atoms with Crippen molar-refractivity contribution < 1.29 is 0 Å². The smallest absolute Gasteiger partial charge is 0.0701 e. The van der Waals surface area contributed by atoms with Crippen molar-refractivity contribution >= 4 is 27.3 Å². The first kappa shape index (κ1) is 14.5. The first-order valence-corrected chi connectivity index (χ1v) is 8.49. The molecule has 0 bridgehead atoms. The van der Waals surface area contributed by atoms with Gasteiger partial charge in [-0.05, 0) is 73.5 Å². The molecule has 0 amide bonds. The fraction of sp³-hybridized carbons (Fsp3) is 0.733. The van der Waals surface area contributed by atoms with Crippen LogP contribution in [0.5, 0.6) is 0 Å². The van der Waals surface area contributed by atoms with E-state index in [1.165, 1.54) is 40.8 Å². The average Bonchev–Trinajstić information content (AvgIpc) is 2.86. The van der Waals surface area contributed by atoms with E-state index in [4.69, 9.17) is 0 Å². The Hall–Kier alpha value is 0.140. The molecule has 1 heterocycles. The van der Waals surface area contributed by atoms with Crippen LogP contribution in [-0.4, -0.2) is 12.1 Å². The summed E-state index contributed by atoms with van der Waals surface area (Å²) in [7, 11) is 0. The number of thiophene rings is 1. The summed E-state index contributed by atoms with van der Waals surface area (Å²) < 4.78 is 1.26. The van der Waals surface area contributed by atoms with Crippen LogP contribution >= 0.6 is 27.3 Å². The quantitative estimate of drug-likeness (QED) is 0.819. The molecule has 3 heteroatoms. The second kappa shape index (κ2) is 5.64. The number of nitrogens with one attached hydrogen (secondary N) is 1. The fourth-order valence-electron chi connectivity index (χ4n) is 2.81. The van der Waals surface area contributed by atoms with Crippen molar-refractivity contribution in [2.45, 2.75) is 58.4 Å². The maximum absolute atomic E-state index is 3.72. The zero-order chi connectivity index (χ0) is 13.2. The van der Waals surface area contributed by atoms with E-state index in [-0.39, 0.29) is 5.54 Å². The van der Waals surface area contributed by atoms with Crippen LogP contribution in [0.3, 0.4) is 0 Å². The van der Waals surface area contributed by atoms with Gasteiger partial charge in [0.15, 0.2) is 0 Å². The van der Waals surface area contributed by atoms with Gasteiger partial charge in [0, 0.05) is 17.0 Å². The fourth-order valence-corrected chi connectivity index (χ4v) is 4.47. The van der Waals surface area contributed by atoms with E-state index in [2.05, 4.69) is 54.2 Å². The SMILES string of the molecule is CC(C)(C)NCC1(Cc2ccc(Br)s2)CCCC1. The van der Waals surface area contributed by atoms with E-state index in [1.54, 1.807) is 0 Å². The summed E-state index contributed by atoms with van der Waals surface area (Å²) in [4.78, 5) is 1.53. The lowest BCUT2D eigenvalue weighted by Crippen LogP contribution is -2.43. The zero-order valence-corrected chi connectivity index (χ0v) is 14.1. The van der Waals surface area contributed by atoms with Gasteiger partial charge in [0.25, 0.3) is 0 Å². The van der Waals surface area contributed by atoms with Crippen molar-refractivity contribution in [3.63, 3.8) is 0 Å². The van der Waals surface area contributed by atoms with E-state index in [0.29, 0.717) is 5.41 Å². The summed E-state index contributed by atoms with van der Waals surface area (Å²) in [6.45, 7) is 7.94. The van der Waals surface area contributed by atoms with Crippen LogP contribution in [0.1, 0.15) is 51.3 Å². The van der Waals surface area contributed by atoms with Gasteiger partial charge in [0.2, 0.25) is 0 Å². The van der Waals surface area contributed by atoms with Gasteiger partial charge in [0.1, 0.15) is 0 Å². The molecule has 0 aromatic carbocycles. The molecule has 1 saturated carbocycles. The Bertz CT molecular complexity index is 385. The Kier molecular flexibility index (Phi) is 4.56. The van der Waals surface area contributed by atoms with Crippen LogP contribution in [0, 0.1) is 5.41 Å². The van der Waals surface area contributed by atoms with Crippen LogP contribution in [-0.2, 0) is 6.42 Å². The molecular weight excluding hydrogens is 306 g/mol. The Morgan fingerprint density at radius 3 is 2.44 bits per heavy atom. The first-order chi connectivity index (χ1) is 8.39. The zero-order valence-electron chi connectivity index (χ0n) is 11.7. The van der Waals surface area contributed by atoms with Gasteiger partial charge < -0.3 is 5.32 Å². The first-order valence-electron chi connectivity index (χ1n) is 6.88. The summed E-state index contributed by atoms with van der Waals surface area (Å²) >= 11 is 5.47. The summed E-state index contributed by atoms with van der Waals surface area (Å²) in [6, 6.07) is 4.46. The van der Waals surface area contributed by atoms with E-state index in [1.807, 2.05) is 11.3 Å². The van der Waals surface area contributed by atoms with Crippen LogP contribution < -0.4 is 5.32 Å². The van der Waals surface area contributed by atoms with Gasteiger partial charge in [-0.25, -0.2) is 0 Å². The minimum atomic E-state index is 0.228. The molecule has 0 atom stereocenters. The lowest BCUT2D eigenvalue weighted by Gasteiger charge is -2.33. The van der Waals surface area contributed by atoms with Crippen molar-refractivity contribution in [3.05, 3.63) is 20.8 Å². The Balaban J connectivity index is 2.02. The van der Waals surface area contributed by atoms with E-state index >= 15 is 0 Å². The highest BCUT2D eigenvalue weighted by Gasteiger charge is 2.35. The molecule has 1 aliphatic rings. The molecule has 0 spiro atoms. The van der Waals surface area contributed by atoms with Crippen LogP contribution in [0.4, 0.5) is 0 Å². The molecule has 1 N–H and O–H groups in total. The van der Waals surface area contributed by atoms with Gasteiger partial charge >= 0.3 is 0 Å². The van der Waals surface area contributed by atoms with E-state index in [9.17, 15) is 0 Å². The highest BCUT2D eigenvalue weighted by molar-refractivity contribution is 9.11. The van der Waals surface area contributed by atoms with Crippen molar-refractivity contribution in [1.29, 1.82) is 0 Å². The Morgan fingerprint density at radius 1 is 1.28 bits per heavy atom. The Labute approximate surface area is 123 Å². The third-order valence-electron chi connectivity index (χ3n) is 3.84. The normalized spacial score (nSPS) is 19.3. The van der Waals surface area contributed by atoms with Crippen molar-refractivity contribution in [2.24, 2.45) is 5.41 Å². The molecule has 1 aliphatic carbocycles. The van der Waals surface area contributed by atoms with Crippen LogP contribution in [0.15, 0.2) is 15.9 Å². The summed E-state index contributed by atoms with van der Waals surface area (Å²) in [5, 5.41) is 3.72. The molecule has 18 heavy (non-hydrogen) atoms. The summed E-state index contributed by atoms with van der Waals surface area (Å²) in [6.07, 6.45) is 6.81. The van der Waals surface area contributed by atoms with Gasteiger partial charge in [0.05, 0.1) is 3.79 Å². The standard InChI is InChI=1S/C15H24BrNS/c1-14(2,3)17-11-15(8-4-5-9-15)10-12-6-7-13(16)18-12/h6-7,17H,4-5,8-11H2,1-3H3. The Morgan fingerprint density at radius 2 is 1.94 bits per heavy atom. The van der Waals surface area contributed by atoms with Gasteiger partial charge in [-0.3, -0.25) is 0 Å². The highest BCUT2D eigenvalue weighted by Crippen LogP contribution is 2.42. The molecule has 1 aromatic heterocycles. The molecule has 1 nitrogen and oxygen atoms in total. The molecular formula is C15H24BrNS. The lowest BCUT2D eigenvalue weighted by atomic mass is 9.81. The van der Waals surface area contributed by atoms with Gasteiger partial charge in [-0.2, -0.15) is 0 Å². The molecule has 0 radical (unpaired) electrons. The maximum Gasteiger partial charge on any atom is 0.0701 e. The highest BCUT2D eigenvalue weighted by atomic mass is 79.9.